The third-order valence-electron chi connectivity index (χ3n) is 2.45. The van der Waals surface area contributed by atoms with Crippen LogP contribution in [0.2, 0.25) is 5.02 Å². The second-order valence-corrected chi connectivity index (χ2v) is 4.54. The maximum absolute atomic E-state index is 12.9. The van der Waals surface area contributed by atoms with Gasteiger partial charge in [-0.1, -0.05) is 17.7 Å². The van der Waals surface area contributed by atoms with Gasteiger partial charge in [0.25, 0.3) is 0 Å². The molecule has 0 saturated carbocycles. The fraction of sp³-hybridized carbons (Fsp3) is 0.250. The molecule has 0 aliphatic rings. The monoisotopic (exact) mass is 317 g/mol. The second-order valence-electron chi connectivity index (χ2n) is 4.14. The highest BCUT2D eigenvalue weighted by Crippen LogP contribution is 2.15. The van der Waals surface area contributed by atoms with Gasteiger partial charge in [-0.25, -0.2) is 14.0 Å². The standard InChI is InChI=1S/C12H13ClFN3O4/c13-7-3-6(1-2-8(7)14)5-16-12(21)17-9(11(19)20)4-10(15)18/h1-3,9H,4-5H2,(H2,15,18)(H,19,20)(H2,16,17,21)/t9-/m0/s1. The first-order valence-corrected chi connectivity index (χ1v) is 6.16. The Morgan fingerprint density at radius 2 is 2.05 bits per heavy atom. The first-order valence-electron chi connectivity index (χ1n) is 5.79. The van der Waals surface area contributed by atoms with E-state index in [4.69, 9.17) is 22.4 Å². The molecule has 1 aromatic rings. The van der Waals surface area contributed by atoms with Crippen molar-refractivity contribution < 1.29 is 23.9 Å². The van der Waals surface area contributed by atoms with E-state index < -0.39 is 36.2 Å². The van der Waals surface area contributed by atoms with Crippen LogP contribution in [-0.2, 0) is 16.1 Å². The van der Waals surface area contributed by atoms with Gasteiger partial charge >= 0.3 is 12.0 Å². The molecule has 21 heavy (non-hydrogen) atoms. The first kappa shape index (κ1) is 16.7. The number of urea groups is 1. The van der Waals surface area contributed by atoms with Crippen LogP contribution in [0.5, 0.6) is 0 Å². The molecule has 0 aliphatic heterocycles. The number of rotatable bonds is 6. The fourth-order valence-corrected chi connectivity index (χ4v) is 1.65. The zero-order valence-corrected chi connectivity index (χ0v) is 11.5. The molecule has 0 aromatic heterocycles. The molecule has 7 nitrogen and oxygen atoms in total. The Labute approximate surface area is 124 Å². The summed E-state index contributed by atoms with van der Waals surface area (Å²) < 4.78 is 12.9. The van der Waals surface area contributed by atoms with Crippen LogP contribution in [0.3, 0.4) is 0 Å². The van der Waals surface area contributed by atoms with Crippen molar-refractivity contribution in [2.24, 2.45) is 5.73 Å². The summed E-state index contributed by atoms with van der Waals surface area (Å²) in [4.78, 5) is 33.0. The fourth-order valence-electron chi connectivity index (χ4n) is 1.44. The lowest BCUT2D eigenvalue weighted by Gasteiger charge is -2.13. The van der Waals surface area contributed by atoms with Gasteiger partial charge in [0.15, 0.2) is 0 Å². The summed E-state index contributed by atoms with van der Waals surface area (Å²) in [6.45, 7) is 0.00867. The van der Waals surface area contributed by atoms with Crippen molar-refractivity contribution in [2.75, 3.05) is 0 Å². The normalized spacial score (nSPS) is 11.5. The number of carboxylic acid groups (broad SMARTS) is 1. The third kappa shape index (κ3) is 5.65. The van der Waals surface area contributed by atoms with Gasteiger partial charge in [-0.05, 0) is 17.7 Å². The number of hydrogen-bond acceptors (Lipinski definition) is 3. The summed E-state index contributed by atoms with van der Waals surface area (Å²) in [6.07, 6.45) is -0.523. The van der Waals surface area contributed by atoms with Gasteiger partial charge in [0, 0.05) is 6.54 Å². The average molecular weight is 318 g/mol. The number of halogens is 2. The second kappa shape index (κ2) is 7.44. The average Bonchev–Trinajstić information content (AvgIpc) is 2.38. The van der Waals surface area contributed by atoms with Crippen molar-refractivity contribution in [3.05, 3.63) is 34.6 Å². The predicted octanol–water partition coefficient (Wildman–Crippen LogP) is 0.607. The van der Waals surface area contributed by atoms with Crippen molar-refractivity contribution >= 4 is 29.5 Å². The van der Waals surface area contributed by atoms with Crippen LogP contribution >= 0.6 is 11.6 Å². The number of carbonyl (C=O) groups excluding carboxylic acids is 2. The largest absolute Gasteiger partial charge is 0.480 e. The van der Waals surface area contributed by atoms with Crippen molar-refractivity contribution in [1.29, 1.82) is 0 Å². The maximum atomic E-state index is 12.9. The Morgan fingerprint density at radius 1 is 1.38 bits per heavy atom. The molecule has 5 N–H and O–H groups in total. The summed E-state index contributed by atoms with van der Waals surface area (Å²) in [7, 11) is 0. The number of hydrogen-bond donors (Lipinski definition) is 4. The van der Waals surface area contributed by atoms with Gasteiger partial charge in [-0.3, -0.25) is 4.79 Å². The van der Waals surface area contributed by atoms with Crippen LogP contribution in [0.25, 0.3) is 0 Å². The number of amides is 3. The number of nitrogens with two attached hydrogens (primary N) is 1. The number of benzene rings is 1. The molecule has 0 radical (unpaired) electrons. The van der Waals surface area contributed by atoms with Gasteiger partial charge in [0.1, 0.15) is 11.9 Å². The molecule has 3 amide bonds. The minimum absolute atomic E-state index is 0.00867. The molecule has 0 fully saturated rings. The highest BCUT2D eigenvalue weighted by atomic mass is 35.5. The van der Waals surface area contributed by atoms with Crippen molar-refractivity contribution in [2.45, 2.75) is 19.0 Å². The first-order chi connectivity index (χ1) is 9.79. The summed E-state index contributed by atoms with van der Waals surface area (Å²) in [5, 5.41) is 13.2. The molecule has 1 aromatic carbocycles. The lowest BCUT2D eigenvalue weighted by molar-refractivity contribution is -0.140. The molecule has 1 rings (SSSR count). The number of nitrogens with one attached hydrogen (secondary N) is 2. The highest BCUT2D eigenvalue weighted by molar-refractivity contribution is 6.30. The van der Waals surface area contributed by atoms with Crippen molar-refractivity contribution in [3.63, 3.8) is 0 Å². The number of carbonyl (C=O) groups is 3. The Kier molecular flexibility index (Phi) is 5.92. The third-order valence-corrected chi connectivity index (χ3v) is 2.74. The summed E-state index contributed by atoms with van der Waals surface area (Å²) in [5.74, 6) is -2.82. The van der Waals surface area contributed by atoms with Crippen LogP contribution in [0, 0.1) is 5.82 Å². The van der Waals surface area contributed by atoms with E-state index in [-0.39, 0.29) is 11.6 Å². The summed E-state index contributed by atoms with van der Waals surface area (Å²) in [6, 6.07) is 1.67. The van der Waals surface area contributed by atoms with E-state index in [2.05, 4.69) is 10.6 Å². The summed E-state index contributed by atoms with van der Waals surface area (Å²) in [5.41, 5.74) is 5.40. The van der Waals surface area contributed by atoms with E-state index in [1.54, 1.807) is 0 Å². The summed E-state index contributed by atoms with van der Waals surface area (Å²) >= 11 is 5.58. The van der Waals surface area contributed by atoms with Gasteiger partial charge in [-0.2, -0.15) is 0 Å². The van der Waals surface area contributed by atoms with Gasteiger partial charge in [-0.15, -0.1) is 0 Å². The molecule has 0 saturated heterocycles. The Hall–Kier alpha value is -2.35. The molecule has 0 unspecified atom stereocenters. The van der Waals surface area contributed by atoms with Gasteiger partial charge in [0.05, 0.1) is 11.4 Å². The lowest BCUT2D eigenvalue weighted by Crippen LogP contribution is -2.47. The SMILES string of the molecule is NC(=O)C[C@H](NC(=O)NCc1ccc(F)c(Cl)c1)C(=O)O. The van der Waals surface area contributed by atoms with Crippen LogP contribution < -0.4 is 16.4 Å². The minimum atomic E-state index is -1.42. The Balaban J connectivity index is 2.54. The van der Waals surface area contributed by atoms with E-state index in [1.807, 2.05) is 0 Å². The molecule has 0 heterocycles. The molecule has 0 bridgehead atoms. The van der Waals surface area contributed by atoms with Crippen LogP contribution in [0.1, 0.15) is 12.0 Å². The smallest absolute Gasteiger partial charge is 0.326 e. The topological polar surface area (TPSA) is 122 Å². The zero-order valence-electron chi connectivity index (χ0n) is 10.7. The van der Waals surface area contributed by atoms with Crippen LogP contribution in [-0.4, -0.2) is 29.1 Å². The quantitative estimate of drug-likeness (QED) is 0.614. The van der Waals surface area contributed by atoms with E-state index in [0.29, 0.717) is 5.56 Å². The number of carboxylic acids is 1. The van der Waals surface area contributed by atoms with E-state index in [1.165, 1.54) is 12.1 Å². The Morgan fingerprint density at radius 3 is 2.57 bits per heavy atom. The van der Waals surface area contributed by atoms with Crippen molar-refractivity contribution in [3.8, 4) is 0 Å². The van der Waals surface area contributed by atoms with Gasteiger partial charge < -0.3 is 21.5 Å². The molecule has 9 heteroatoms. The van der Waals surface area contributed by atoms with Gasteiger partial charge in [0.2, 0.25) is 5.91 Å². The van der Waals surface area contributed by atoms with Crippen molar-refractivity contribution in [1.82, 2.24) is 10.6 Å². The van der Waals surface area contributed by atoms with E-state index in [0.717, 1.165) is 6.07 Å². The predicted molar refractivity (Wildman–Crippen MR) is 72.0 cm³/mol. The molecular weight excluding hydrogens is 305 g/mol. The number of primary amides is 1. The zero-order chi connectivity index (χ0) is 16.0. The van der Waals surface area contributed by atoms with E-state index in [9.17, 15) is 18.8 Å². The minimum Gasteiger partial charge on any atom is -0.480 e. The number of aliphatic carboxylic acids is 1. The lowest BCUT2D eigenvalue weighted by atomic mass is 10.2. The molecule has 1 atom stereocenters. The molecule has 0 aliphatic carbocycles. The van der Waals surface area contributed by atoms with Crippen LogP contribution in [0.4, 0.5) is 9.18 Å². The maximum Gasteiger partial charge on any atom is 0.326 e. The van der Waals surface area contributed by atoms with Crippen LogP contribution in [0.15, 0.2) is 18.2 Å². The molecule has 0 spiro atoms. The van der Waals surface area contributed by atoms with E-state index >= 15 is 0 Å². The highest BCUT2D eigenvalue weighted by Gasteiger charge is 2.21. The Bertz CT molecular complexity index is 567. The molecular formula is C12H13ClFN3O4. The molecule has 114 valence electrons.